The number of carbonyl (C=O) groups is 1. The number of fused-ring (bicyclic) bond motifs is 1. The van der Waals surface area contributed by atoms with E-state index in [9.17, 15) is 4.79 Å². The molecule has 0 atom stereocenters. The minimum Gasteiger partial charge on any atom is -0.399 e. The molecule has 4 rings (SSSR count). The molecule has 1 heterocycles. The standard InChI is InChI=1S/C18H17N3O/c19-12-6-9-15-14(10-12)16(11-4-2-1-3-5-11)17(21-15)18(22)20-13-7-8-13/h1-6,9-10,13,21H,7-8,19H2,(H,20,22). The molecule has 1 saturated carbocycles. The number of benzene rings is 2. The SMILES string of the molecule is Nc1ccc2[nH]c(C(=O)NC3CC3)c(-c3ccccc3)c2c1. The van der Waals surface area contributed by atoms with Gasteiger partial charge < -0.3 is 16.0 Å². The molecular formula is C18H17N3O. The summed E-state index contributed by atoms with van der Waals surface area (Å²) in [4.78, 5) is 15.8. The summed E-state index contributed by atoms with van der Waals surface area (Å²) in [6, 6.07) is 16.0. The number of hydrogen-bond acceptors (Lipinski definition) is 2. The van der Waals surface area contributed by atoms with E-state index in [1.54, 1.807) is 0 Å². The molecule has 1 aromatic heterocycles. The first kappa shape index (κ1) is 13.0. The number of nitrogens with two attached hydrogens (primary N) is 1. The molecule has 4 N–H and O–H groups in total. The molecule has 0 radical (unpaired) electrons. The Morgan fingerprint density at radius 1 is 1.14 bits per heavy atom. The number of aromatic nitrogens is 1. The molecule has 1 aliphatic carbocycles. The third kappa shape index (κ3) is 2.22. The average Bonchev–Trinajstić information content (AvgIpc) is 3.26. The lowest BCUT2D eigenvalue weighted by Crippen LogP contribution is -2.26. The Kier molecular flexibility index (Phi) is 2.89. The number of H-pyrrole nitrogens is 1. The number of hydrogen-bond donors (Lipinski definition) is 3. The Morgan fingerprint density at radius 2 is 1.91 bits per heavy atom. The molecule has 4 nitrogen and oxygen atoms in total. The van der Waals surface area contributed by atoms with E-state index in [0.717, 1.165) is 34.9 Å². The van der Waals surface area contributed by atoms with Crippen molar-refractivity contribution in [3.8, 4) is 11.1 Å². The van der Waals surface area contributed by atoms with Crippen molar-refractivity contribution < 1.29 is 4.79 Å². The maximum absolute atomic E-state index is 12.6. The lowest BCUT2D eigenvalue weighted by atomic mass is 10.0. The first-order valence-corrected chi connectivity index (χ1v) is 7.50. The van der Waals surface area contributed by atoms with Crippen molar-refractivity contribution in [2.24, 2.45) is 0 Å². The Bertz CT molecular complexity index is 847. The van der Waals surface area contributed by atoms with Gasteiger partial charge in [-0.05, 0) is 36.6 Å². The Labute approximate surface area is 128 Å². The zero-order valence-corrected chi connectivity index (χ0v) is 12.1. The molecule has 0 aliphatic heterocycles. The second kappa shape index (κ2) is 4.91. The summed E-state index contributed by atoms with van der Waals surface area (Å²) in [6.45, 7) is 0. The summed E-state index contributed by atoms with van der Waals surface area (Å²) in [5.74, 6) is -0.0453. The monoisotopic (exact) mass is 291 g/mol. The predicted octanol–water partition coefficient (Wildman–Crippen LogP) is 3.31. The van der Waals surface area contributed by atoms with E-state index in [0.29, 0.717) is 17.4 Å². The highest BCUT2D eigenvalue weighted by atomic mass is 16.2. The largest absolute Gasteiger partial charge is 0.399 e. The number of nitrogens with one attached hydrogen (secondary N) is 2. The van der Waals surface area contributed by atoms with Crippen LogP contribution in [0.25, 0.3) is 22.0 Å². The van der Waals surface area contributed by atoms with Gasteiger partial charge in [0.1, 0.15) is 5.69 Å². The Hall–Kier alpha value is -2.75. The van der Waals surface area contributed by atoms with Crippen molar-refractivity contribution in [1.29, 1.82) is 0 Å². The van der Waals surface area contributed by atoms with Crippen LogP contribution in [0.1, 0.15) is 23.3 Å². The number of aromatic amines is 1. The molecule has 0 unspecified atom stereocenters. The molecule has 1 aliphatic rings. The van der Waals surface area contributed by atoms with E-state index >= 15 is 0 Å². The maximum Gasteiger partial charge on any atom is 0.268 e. The van der Waals surface area contributed by atoms with E-state index in [-0.39, 0.29) is 5.91 Å². The normalized spacial score (nSPS) is 14.2. The zero-order valence-electron chi connectivity index (χ0n) is 12.1. The highest BCUT2D eigenvalue weighted by Crippen LogP contribution is 2.34. The van der Waals surface area contributed by atoms with Crippen molar-refractivity contribution in [3.63, 3.8) is 0 Å². The van der Waals surface area contributed by atoms with Crippen LogP contribution in [0.2, 0.25) is 0 Å². The summed E-state index contributed by atoms with van der Waals surface area (Å²) >= 11 is 0. The van der Waals surface area contributed by atoms with Gasteiger partial charge in [-0.1, -0.05) is 30.3 Å². The van der Waals surface area contributed by atoms with Gasteiger partial charge >= 0.3 is 0 Å². The quantitative estimate of drug-likeness (QED) is 0.648. The fraction of sp³-hybridized carbons (Fsp3) is 0.167. The van der Waals surface area contributed by atoms with Crippen molar-refractivity contribution in [2.45, 2.75) is 18.9 Å². The van der Waals surface area contributed by atoms with Crippen molar-refractivity contribution in [3.05, 3.63) is 54.2 Å². The van der Waals surface area contributed by atoms with Gasteiger partial charge in [-0.25, -0.2) is 0 Å². The second-order valence-electron chi connectivity index (χ2n) is 5.79. The van der Waals surface area contributed by atoms with Crippen LogP contribution in [-0.2, 0) is 0 Å². The third-order valence-corrected chi connectivity index (χ3v) is 4.02. The van der Waals surface area contributed by atoms with Crippen LogP contribution < -0.4 is 11.1 Å². The highest BCUT2D eigenvalue weighted by Gasteiger charge is 2.26. The molecule has 2 aromatic carbocycles. The summed E-state index contributed by atoms with van der Waals surface area (Å²) in [5.41, 5.74) is 10.1. The molecule has 110 valence electrons. The van der Waals surface area contributed by atoms with Crippen molar-refractivity contribution >= 4 is 22.5 Å². The lowest BCUT2D eigenvalue weighted by Gasteiger charge is -2.06. The maximum atomic E-state index is 12.6. The van der Waals surface area contributed by atoms with Gasteiger partial charge in [-0.15, -0.1) is 0 Å². The van der Waals surface area contributed by atoms with Crippen LogP contribution >= 0.6 is 0 Å². The van der Waals surface area contributed by atoms with E-state index in [1.807, 2.05) is 48.5 Å². The van der Waals surface area contributed by atoms with E-state index in [4.69, 9.17) is 5.73 Å². The molecule has 1 fully saturated rings. The van der Waals surface area contributed by atoms with Crippen LogP contribution in [0.3, 0.4) is 0 Å². The van der Waals surface area contributed by atoms with Gasteiger partial charge in [0, 0.05) is 28.2 Å². The summed E-state index contributed by atoms with van der Waals surface area (Å²) in [5, 5.41) is 4.03. The Morgan fingerprint density at radius 3 is 2.64 bits per heavy atom. The lowest BCUT2D eigenvalue weighted by molar-refractivity contribution is 0.0947. The molecule has 0 spiro atoms. The smallest absolute Gasteiger partial charge is 0.268 e. The van der Waals surface area contributed by atoms with Crippen molar-refractivity contribution in [1.82, 2.24) is 10.3 Å². The summed E-state index contributed by atoms with van der Waals surface area (Å²) in [7, 11) is 0. The minimum atomic E-state index is -0.0453. The molecule has 3 aromatic rings. The topological polar surface area (TPSA) is 70.9 Å². The van der Waals surface area contributed by atoms with Crippen LogP contribution in [0.4, 0.5) is 5.69 Å². The first-order chi connectivity index (χ1) is 10.7. The number of carbonyl (C=O) groups excluding carboxylic acids is 1. The average molecular weight is 291 g/mol. The second-order valence-corrected chi connectivity index (χ2v) is 5.79. The molecule has 4 heteroatoms. The molecule has 22 heavy (non-hydrogen) atoms. The van der Waals surface area contributed by atoms with Gasteiger partial charge in [-0.3, -0.25) is 4.79 Å². The van der Waals surface area contributed by atoms with Crippen LogP contribution in [0, 0.1) is 0 Å². The van der Waals surface area contributed by atoms with Crippen molar-refractivity contribution in [2.75, 3.05) is 5.73 Å². The summed E-state index contributed by atoms with van der Waals surface area (Å²) < 4.78 is 0. The zero-order chi connectivity index (χ0) is 15.1. The van der Waals surface area contributed by atoms with Crippen LogP contribution in [0.15, 0.2) is 48.5 Å². The van der Waals surface area contributed by atoms with Crippen LogP contribution in [0.5, 0.6) is 0 Å². The number of amides is 1. The highest BCUT2D eigenvalue weighted by molar-refractivity contribution is 6.10. The van der Waals surface area contributed by atoms with E-state index in [2.05, 4.69) is 10.3 Å². The number of rotatable bonds is 3. The molecule has 0 bridgehead atoms. The molecule has 0 saturated heterocycles. The number of nitrogen functional groups attached to an aromatic ring is 1. The predicted molar refractivity (Wildman–Crippen MR) is 88.6 cm³/mol. The third-order valence-electron chi connectivity index (χ3n) is 4.02. The van der Waals surface area contributed by atoms with Gasteiger partial charge in [0.25, 0.3) is 5.91 Å². The van der Waals surface area contributed by atoms with Gasteiger partial charge in [0.05, 0.1) is 0 Å². The van der Waals surface area contributed by atoms with E-state index < -0.39 is 0 Å². The summed E-state index contributed by atoms with van der Waals surface area (Å²) in [6.07, 6.45) is 2.14. The fourth-order valence-corrected chi connectivity index (χ4v) is 2.77. The van der Waals surface area contributed by atoms with Gasteiger partial charge in [-0.2, -0.15) is 0 Å². The number of anilines is 1. The molecular weight excluding hydrogens is 274 g/mol. The Balaban J connectivity index is 1.92. The fourth-order valence-electron chi connectivity index (χ4n) is 2.77. The first-order valence-electron chi connectivity index (χ1n) is 7.50. The van der Waals surface area contributed by atoms with Crippen LogP contribution in [-0.4, -0.2) is 16.9 Å². The molecule has 1 amide bonds. The van der Waals surface area contributed by atoms with Gasteiger partial charge in [0.2, 0.25) is 0 Å². The minimum absolute atomic E-state index is 0.0453. The van der Waals surface area contributed by atoms with E-state index in [1.165, 1.54) is 0 Å². The van der Waals surface area contributed by atoms with Gasteiger partial charge in [0.15, 0.2) is 0 Å².